The molecule has 86 valence electrons. The van der Waals surface area contributed by atoms with Crippen LogP contribution in [0.2, 0.25) is 0 Å². The second-order valence-electron chi connectivity index (χ2n) is 3.94. The van der Waals surface area contributed by atoms with Gasteiger partial charge < -0.3 is 10.2 Å². The lowest BCUT2D eigenvalue weighted by atomic mass is 10.1. The van der Waals surface area contributed by atoms with Crippen LogP contribution in [0.15, 0.2) is 15.2 Å². The molecule has 0 aliphatic rings. The van der Waals surface area contributed by atoms with Crippen LogP contribution in [0, 0.1) is 0 Å². The molecule has 0 saturated heterocycles. The molecule has 15 heavy (non-hydrogen) atoms. The monoisotopic (exact) mass is 290 g/mol. The number of hydrogen-bond donors (Lipinski definition) is 1. The smallest absolute Gasteiger partial charge is 0.0468 e. The largest absolute Gasteiger partial charge is 0.309 e. The van der Waals surface area contributed by atoms with E-state index in [-0.39, 0.29) is 0 Å². The lowest BCUT2D eigenvalue weighted by Crippen LogP contribution is -2.31. The Balaban J connectivity index is 2.67. The third kappa shape index (κ3) is 4.23. The molecule has 0 aliphatic carbocycles. The highest BCUT2D eigenvalue weighted by Gasteiger charge is 2.15. The van der Waals surface area contributed by atoms with E-state index in [2.05, 4.69) is 57.9 Å². The van der Waals surface area contributed by atoms with E-state index in [4.69, 9.17) is 0 Å². The Hall–Kier alpha value is 0.100. The first kappa shape index (κ1) is 13.2. The van der Waals surface area contributed by atoms with Crippen LogP contribution in [-0.2, 0) is 0 Å². The standard InChI is InChI=1S/C11H19BrN2S/c1-4-5-13-11(6-14(2)3)9-7-15-8-10(9)12/h7-8,11,13H,4-6H2,1-3H3. The van der Waals surface area contributed by atoms with Crippen molar-refractivity contribution in [3.05, 3.63) is 20.8 Å². The van der Waals surface area contributed by atoms with Gasteiger partial charge in [0.05, 0.1) is 0 Å². The molecule has 0 aromatic carbocycles. The van der Waals surface area contributed by atoms with Gasteiger partial charge in [0.25, 0.3) is 0 Å². The molecule has 0 bridgehead atoms. The third-order valence-electron chi connectivity index (χ3n) is 2.21. The van der Waals surface area contributed by atoms with E-state index < -0.39 is 0 Å². The molecule has 0 fully saturated rings. The van der Waals surface area contributed by atoms with E-state index in [1.807, 2.05) is 0 Å². The van der Waals surface area contributed by atoms with Crippen LogP contribution in [0.1, 0.15) is 24.9 Å². The van der Waals surface area contributed by atoms with Gasteiger partial charge in [-0.1, -0.05) is 6.92 Å². The van der Waals surface area contributed by atoms with Crippen molar-refractivity contribution in [1.29, 1.82) is 0 Å². The Bertz CT molecular complexity index is 286. The van der Waals surface area contributed by atoms with Crippen molar-refractivity contribution in [3.63, 3.8) is 0 Å². The van der Waals surface area contributed by atoms with Gasteiger partial charge in [0, 0.05) is 22.4 Å². The van der Waals surface area contributed by atoms with Crippen molar-refractivity contribution in [2.24, 2.45) is 0 Å². The molecule has 1 heterocycles. The fourth-order valence-electron chi connectivity index (χ4n) is 1.50. The zero-order valence-electron chi connectivity index (χ0n) is 9.59. The summed E-state index contributed by atoms with van der Waals surface area (Å²) in [5, 5.41) is 7.95. The van der Waals surface area contributed by atoms with Crippen molar-refractivity contribution in [2.45, 2.75) is 19.4 Å². The fraction of sp³-hybridized carbons (Fsp3) is 0.636. The van der Waals surface area contributed by atoms with Crippen LogP contribution < -0.4 is 5.32 Å². The minimum Gasteiger partial charge on any atom is -0.309 e. The van der Waals surface area contributed by atoms with E-state index in [1.54, 1.807) is 11.3 Å². The third-order valence-corrected chi connectivity index (χ3v) is 3.96. The van der Waals surface area contributed by atoms with Crippen LogP contribution in [0.5, 0.6) is 0 Å². The number of hydrogen-bond acceptors (Lipinski definition) is 3. The second kappa shape index (κ2) is 6.63. The summed E-state index contributed by atoms with van der Waals surface area (Å²) in [6.07, 6.45) is 1.17. The zero-order valence-corrected chi connectivity index (χ0v) is 12.0. The Morgan fingerprint density at radius 1 is 1.47 bits per heavy atom. The summed E-state index contributed by atoms with van der Waals surface area (Å²) in [5.74, 6) is 0. The van der Waals surface area contributed by atoms with Crippen LogP contribution in [0.3, 0.4) is 0 Å². The molecule has 1 aromatic rings. The molecule has 1 atom stereocenters. The summed E-state index contributed by atoms with van der Waals surface area (Å²) in [4.78, 5) is 2.22. The molecule has 1 unspecified atom stereocenters. The number of nitrogens with zero attached hydrogens (tertiary/aromatic N) is 1. The van der Waals surface area contributed by atoms with Gasteiger partial charge >= 0.3 is 0 Å². The molecule has 1 N–H and O–H groups in total. The minimum absolute atomic E-state index is 0.431. The Kier molecular flexibility index (Phi) is 5.82. The van der Waals surface area contributed by atoms with Gasteiger partial charge in [-0.15, -0.1) is 0 Å². The molecule has 1 rings (SSSR count). The van der Waals surface area contributed by atoms with Crippen LogP contribution >= 0.6 is 27.3 Å². The molecule has 0 aliphatic heterocycles. The van der Waals surface area contributed by atoms with Crippen molar-refractivity contribution >= 4 is 27.3 Å². The topological polar surface area (TPSA) is 15.3 Å². The molecule has 2 nitrogen and oxygen atoms in total. The van der Waals surface area contributed by atoms with Crippen molar-refractivity contribution in [3.8, 4) is 0 Å². The Labute approximate surface area is 105 Å². The Morgan fingerprint density at radius 3 is 2.67 bits per heavy atom. The number of nitrogens with one attached hydrogen (secondary N) is 1. The Morgan fingerprint density at radius 2 is 2.20 bits per heavy atom. The highest BCUT2D eigenvalue weighted by Crippen LogP contribution is 2.27. The molecule has 4 heteroatoms. The van der Waals surface area contributed by atoms with E-state index in [0.717, 1.165) is 13.1 Å². The average molecular weight is 291 g/mol. The summed E-state index contributed by atoms with van der Waals surface area (Å²) in [6, 6.07) is 0.431. The summed E-state index contributed by atoms with van der Waals surface area (Å²) in [7, 11) is 4.22. The normalized spacial score (nSPS) is 13.4. The molecule has 1 aromatic heterocycles. The molecule has 0 saturated carbocycles. The fourth-order valence-corrected chi connectivity index (χ4v) is 3.12. The average Bonchev–Trinajstić information content (AvgIpc) is 2.58. The SMILES string of the molecule is CCCNC(CN(C)C)c1cscc1Br. The highest BCUT2D eigenvalue weighted by atomic mass is 79.9. The molecule has 0 amide bonds. The van der Waals surface area contributed by atoms with E-state index in [1.165, 1.54) is 16.5 Å². The predicted molar refractivity (Wildman–Crippen MR) is 71.6 cm³/mol. The van der Waals surface area contributed by atoms with Gasteiger partial charge in [-0.2, -0.15) is 11.3 Å². The molecule has 0 radical (unpaired) electrons. The lowest BCUT2D eigenvalue weighted by molar-refractivity contribution is 0.342. The summed E-state index contributed by atoms with van der Waals surface area (Å²) in [5.41, 5.74) is 1.38. The maximum absolute atomic E-state index is 3.60. The van der Waals surface area contributed by atoms with Gasteiger partial charge in [0.15, 0.2) is 0 Å². The van der Waals surface area contributed by atoms with E-state index >= 15 is 0 Å². The molecular weight excluding hydrogens is 272 g/mol. The minimum atomic E-state index is 0.431. The number of halogens is 1. The van der Waals surface area contributed by atoms with Gasteiger partial charge in [-0.25, -0.2) is 0 Å². The van der Waals surface area contributed by atoms with Crippen LogP contribution in [0.4, 0.5) is 0 Å². The number of likely N-dealkylation sites (N-methyl/N-ethyl adjacent to an activating group) is 1. The second-order valence-corrected chi connectivity index (χ2v) is 5.54. The zero-order chi connectivity index (χ0) is 11.3. The highest BCUT2D eigenvalue weighted by molar-refractivity contribution is 9.10. The summed E-state index contributed by atoms with van der Waals surface area (Å²) < 4.78 is 1.22. The quantitative estimate of drug-likeness (QED) is 0.866. The van der Waals surface area contributed by atoms with Crippen molar-refractivity contribution in [2.75, 3.05) is 27.2 Å². The maximum Gasteiger partial charge on any atom is 0.0468 e. The van der Waals surface area contributed by atoms with E-state index in [0.29, 0.717) is 6.04 Å². The van der Waals surface area contributed by atoms with Gasteiger partial charge in [0.1, 0.15) is 0 Å². The van der Waals surface area contributed by atoms with Crippen molar-refractivity contribution < 1.29 is 0 Å². The van der Waals surface area contributed by atoms with Gasteiger partial charge in [0.2, 0.25) is 0 Å². The number of thiophene rings is 1. The van der Waals surface area contributed by atoms with Crippen LogP contribution in [0.25, 0.3) is 0 Å². The predicted octanol–water partition coefficient (Wildman–Crippen LogP) is 3.11. The van der Waals surface area contributed by atoms with Crippen molar-refractivity contribution in [1.82, 2.24) is 10.2 Å². The van der Waals surface area contributed by atoms with Crippen LogP contribution in [-0.4, -0.2) is 32.1 Å². The summed E-state index contributed by atoms with van der Waals surface area (Å²) in [6.45, 7) is 4.30. The van der Waals surface area contributed by atoms with E-state index in [9.17, 15) is 0 Å². The molecular formula is C11H19BrN2S. The molecule has 0 spiro atoms. The van der Waals surface area contributed by atoms with Gasteiger partial charge in [-0.3, -0.25) is 0 Å². The first-order chi connectivity index (χ1) is 7.15. The summed E-state index contributed by atoms with van der Waals surface area (Å²) >= 11 is 5.35. The van der Waals surface area contributed by atoms with Gasteiger partial charge in [-0.05, 0) is 53.9 Å². The first-order valence-electron chi connectivity index (χ1n) is 5.24. The first-order valence-corrected chi connectivity index (χ1v) is 6.98. The maximum atomic E-state index is 3.60. The number of rotatable bonds is 6. The lowest BCUT2D eigenvalue weighted by Gasteiger charge is -2.22.